The van der Waals surface area contributed by atoms with E-state index >= 15 is 0 Å². The second kappa shape index (κ2) is 4.63. The number of hydrogen-bond acceptors (Lipinski definition) is 5. The van der Waals surface area contributed by atoms with Crippen LogP contribution in [0, 0.1) is 13.8 Å². The van der Waals surface area contributed by atoms with Gasteiger partial charge in [0, 0.05) is 6.20 Å². The molecule has 2 aromatic rings. The summed E-state index contributed by atoms with van der Waals surface area (Å²) in [5.41, 5.74) is 1.08. The SMILES string of the molecule is COc1cccnc1C(=O)c1sc(C)nc1C. The summed E-state index contributed by atoms with van der Waals surface area (Å²) >= 11 is 1.38. The van der Waals surface area contributed by atoms with Crippen LogP contribution < -0.4 is 4.74 Å². The van der Waals surface area contributed by atoms with Crippen molar-refractivity contribution in [1.29, 1.82) is 0 Å². The molecule has 5 heteroatoms. The molecule has 0 aliphatic carbocycles. The molecule has 0 N–H and O–H groups in total. The van der Waals surface area contributed by atoms with Gasteiger partial charge in [0.25, 0.3) is 0 Å². The summed E-state index contributed by atoms with van der Waals surface area (Å²) < 4.78 is 5.14. The van der Waals surface area contributed by atoms with Crippen molar-refractivity contribution in [3.63, 3.8) is 0 Å². The number of ketones is 1. The maximum absolute atomic E-state index is 12.3. The van der Waals surface area contributed by atoms with Gasteiger partial charge in [-0.05, 0) is 26.0 Å². The fourth-order valence-corrected chi connectivity index (χ4v) is 2.44. The van der Waals surface area contributed by atoms with Crippen LogP contribution in [-0.4, -0.2) is 22.9 Å². The van der Waals surface area contributed by atoms with Gasteiger partial charge in [0.1, 0.15) is 5.75 Å². The highest BCUT2D eigenvalue weighted by molar-refractivity contribution is 7.14. The van der Waals surface area contributed by atoms with Gasteiger partial charge in [-0.25, -0.2) is 9.97 Å². The van der Waals surface area contributed by atoms with Crippen LogP contribution in [0.5, 0.6) is 5.75 Å². The Morgan fingerprint density at radius 2 is 2.18 bits per heavy atom. The van der Waals surface area contributed by atoms with Crippen molar-refractivity contribution >= 4 is 17.1 Å². The molecule has 2 rings (SSSR count). The summed E-state index contributed by atoms with van der Waals surface area (Å²) in [6.45, 7) is 3.70. The van der Waals surface area contributed by atoms with Crippen molar-refractivity contribution in [2.24, 2.45) is 0 Å². The number of thiazole rings is 1. The lowest BCUT2D eigenvalue weighted by molar-refractivity contribution is 0.103. The van der Waals surface area contributed by atoms with E-state index in [2.05, 4.69) is 9.97 Å². The zero-order valence-corrected chi connectivity index (χ0v) is 10.7. The summed E-state index contributed by atoms with van der Waals surface area (Å²) in [6.07, 6.45) is 1.58. The predicted molar refractivity (Wildman–Crippen MR) is 65.8 cm³/mol. The van der Waals surface area contributed by atoms with Gasteiger partial charge in [-0.3, -0.25) is 4.79 Å². The van der Waals surface area contributed by atoms with Crippen molar-refractivity contribution in [2.75, 3.05) is 7.11 Å². The van der Waals surface area contributed by atoms with Crippen LogP contribution in [0.4, 0.5) is 0 Å². The van der Waals surface area contributed by atoms with Crippen LogP contribution in [0.25, 0.3) is 0 Å². The Labute approximate surface area is 103 Å². The molecule has 0 saturated heterocycles. The van der Waals surface area contributed by atoms with Crippen molar-refractivity contribution in [3.8, 4) is 5.75 Å². The Bertz CT molecular complexity index is 563. The molecule has 0 aliphatic rings. The lowest BCUT2D eigenvalue weighted by atomic mass is 10.2. The zero-order valence-electron chi connectivity index (χ0n) is 9.85. The maximum Gasteiger partial charge on any atom is 0.226 e. The Balaban J connectivity index is 2.47. The molecule has 0 bridgehead atoms. The molecule has 0 unspecified atom stereocenters. The number of carbonyl (C=O) groups is 1. The first-order valence-electron chi connectivity index (χ1n) is 5.11. The topological polar surface area (TPSA) is 52.1 Å². The van der Waals surface area contributed by atoms with Gasteiger partial charge in [0.2, 0.25) is 5.78 Å². The average molecular weight is 248 g/mol. The maximum atomic E-state index is 12.3. The van der Waals surface area contributed by atoms with Crippen LogP contribution in [0.1, 0.15) is 26.1 Å². The minimum atomic E-state index is -0.134. The molecule has 4 nitrogen and oxygen atoms in total. The molecule has 0 aromatic carbocycles. The minimum absolute atomic E-state index is 0.134. The third kappa shape index (κ3) is 2.19. The first kappa shape index (κ1) is 11.7. The van der Waals surface area contributed by atoms with E-state index in [1.165, 1.54) is 18.4 Å². The van der Waals surface area contributed by atoms with Crippen LogP contribution in [0.2, 0.25) is 0 Å². The fraction of sp³-hybridized carbons (Fsp3) is 0.250. The molecule has 0 radical (unpaired) electrons. The van der Waals surface area contributed by atoms with Crippen LogP contribution in [0.3, 0.4) is 0 Å². The highest BCUT2D eigenvalue weighted by atomic mass is 32.1. The first-order valence-corrected chi connectivity index (χ1v) is 5.93. The largest absolute Gasteiger partial charge is 0.494 e. The number of methoxy groups -OCH3 is 1. The quantitative estimate of drug-likeness (QED) is 0.783. The summed E-state index contributed by atoms with van der Waals surface area (Å²) in [5.74, 6) is 0.355. The van der Waals surface area contributed by atoms with E-state index in [0.29, 0.717) is 16.3 Å². The Hall–Kier alpha value is -1.75. The fourth-order valence-electron chi connectivity index (χ4n) is 1.58. The number of carbonyl (C=O) groups excluding carboxylic acids is 1. The van der Waals surface area contributed by atoms with Gasteiger partial charge in [-0.15, -0.1) is 11.3 Å². The zero-order chi connectivity index (χ0) is 12.4. The standard InChI is InChI=1S/C12H12N2O2S/c1-7-12(17-8(2)14-7)11(15)10-9(16-3)5-4-6-13-10/h4-6H,1-3H3. The van der Waals surface area contributed by atoms with Gasteiger partial charge < -0.3 is 4.74 Å². The number of ether oxygens (including phenoxy) is 1. The summed E-state index contributed by atoms with van der Waals surface area (Å²) in [4.78, 5) is 21.2. The molecule has 0 saturated carbocycles. The highest BCUT2D eigenvalue weighted by Crippen LogP contribution is 2.24. The van der Waals surface area contributed by atoms with Crippen LogP contribution in [-0.2, 0) is 0 Å². The molecule has 0 atom stereocenters. The van der Waals surface area contributed by atoms with Gasteiger partial charge in [-0.1, -0.05) is 0 Å². The molecule has 17 heavy (non-hydrogen) atoms. The lowest BCUT2D eigenvalue weighted by Gasteiger charge is -2.04. The normalized spacial score (nSPS) is 10.3. The highest BCUT2D eigenvalue weighted by Gasteiger charge is 2.20. The number of hydrogen-bond donors (Lipinski definition) is 0. The van der Waals surface area contributed by atoms with Crippen LogP contribution in [0.15, 0.2) is 18.3 Å². The number of pyridine rings is 1. The van der Waals surface area contributed by atoms with Crippen LogP contribution >= 0.6 is 11.3 Å². The summed E-state index contributed by atoms with van der Waals surface area (Å²) in [5, 5.41) is 0.876. The lowest BCUT2D eigenvalue weighted by Crippen LogP contribution is -2.06. The van der Waals surface area contributed by atoms with E-state index in [-0.39, 0.29) is 5.78 Å². The number of nitrogens with zero attached hydrogens (tertiary/aromatic N) is 2. The molecule has 2 aromatic heterocycles. The van der Waals surface area contributed by atoms with Crippen molar-refractivity contribution in [1.82, 2.24) is 9.97 Å². The first-order chi connectivity index (χ1) is 8.13. The Morgan fingerprint density at radius 1 is 1.41 bits per heavy atom. The van der Waals surface area contributed by atoms with Crippen molar-refractivity contribution in [2.45, 2.75) is 13.8 Å². The van der Waals surface area contributed by atoms with Crippen molar-refractivity contribution < 1.29 is 9.53 Å². The van der Waals surface area contributed by atoms with Gasteiger partial charge >= 0.3 is 0 Å². The second-order valence-corrected chi connectivity index (χ2v) is 4.73. The molecule has 0 amide bonds. The molecular weight excluding hydrogens is 236 g/mol. The van der Waals surface area contributed by atoms with E-state index in [9.17, 15) is 4.79 Å². The Kier molecular flexibility index (Phi) is 3.19. The number of aromatic nitrogens is 2. The average Bonchev–Trinajstić information content (AvgIpc) is 2.67. The smallest absolute Gasteiger partial charge is 0.226 e. The molecule has 0 spiro atoms. The molecule has 0 aliphatic heterocycles. The monoisotopic (exact) mass is 248 g/mol. The Morgan fingerprint density at radius 3 is 2.76 bits per heavy atom. The molecule has 0 fully saturated rings. The van der Waals surface area contributed by atoms with E-state index in [1.807, 2.05) is 13.8 Å². The number of aryl methyl sites for hydroxylation is 2. The van der Waals surface area contributed by atoms with Gasteiger partial charge in [0.05, 0.1) is 22.7 Å². The van der Waals surface area contributed by atoms with E-state index in [0.717, 1.165) is 10.7 Å². The van der Waals surface area contributed by atoms with E-state index in [4.69, 9.17) is 4.74 Å². The number of rotatable bonds is 3. The third-order valence-electron chi connectivity index (χ3n) is 2.32. The summed E-state index contributed by atoms with van der Waals surface area (Å²) in [7, 11) is 1.53. The predicted octanol–water partition coefficient (Wildman–Crippen LogP) is 2.39. The summed E-state index contributed by atoms with van der Waals surface area (Å²) in [6, 6.07) is 3.46. The molecule has 2 heterocycles. The molecular formula is C12H12N2O2S. The molecule has 88 valence electrons. The third-order valence-corrected chi connectivity index (χ3v) is 3.39. The minimum Gasteiger partial charge on any atom is -0.494 e. The van der Waals surface area contributed by atoms with Crippen molar-refractivity contribution in [3.05, 3.63) is 39.6 Å². The van der Waals surface area contributed by atoms with E-state index in [1.54, 1.807) is 18.3 Å². The second-order valence-electron chi connectivity index (χ2n) is 3.53. The van der Waals surface area contributed by atoms with E-state index < -0.39 is 0 Å². The van der Waals surface area contributed by atoms with Gasteiger partial charge in [0.15, 0.2) is 5.69 Å². The van der Waals surface area contributed by atoms with Gasteiger partial charge in [-0.2, -0.15) is 0 Å².